The van der Waals surface area contributed by atoms with Gasteiger partial charge < -0.3 is 4.74 Å². The van der Waals surface area contributed by atoms with E-state index >= 15 is 0 Å². The highest BCUT2D eigenvalue weighted by atomic mass is 79.9. The molecule has 1 aliphatic heterocycles. The quantitative estimate of drug-likeness (QED) is 0.684. The topological polar surface area (TPSA) is 42.4 Å². The van der Waals surface area contributed by atoms with E-state index in [1.54, 1.807) is 24.4 Å². The number of thiocarbonyl (C=S) groups is 1. The Morgan fingerprint density at radius 2 is 2.25 bits per heavy atom. The Hall–Kier alpha value is -1.44. The van der Waals surface area contributed by atoms with E-state index in [-0.39, 0.29) is 11.2 Å². The van der Waals surface area contributed by atoms with Crippen LogP contribution in [0.5, 0.6) is 5.75 Å². The van der Waals surface area contributed by atoms with Crippen LogP contribution in [-0.4, -0.2) is 32.5 Å². The van der Waals surface area contributed by atoms with Crippen LogP contribution in [0.1, 0.15) is 11.1 Å². The number of carbonyl (C=O) groups excluding carboxylic acids is 1. The first-order chi connectivity index (χ1) is 11.6. The van der Waals surface area contributed by atoms with Crippen molar-refractivity contribution in [2.75, 3.05) is 7.11 Å². The van der Waals surface area contributed by atoms with Crippen molar-refractivity contribution in [2.24, 2.45) is 0 Å². The van der Waals surface area contributed by atoms with Crippen LogP contribution in [-0.2, 0) is 17.8 Å². The molecule has 4 nitrogen and oxygen atoms in total. The first kappa shape index (κ1) is 17.4. The summed E-state index contributed by atoms with van der Waals surface area (Å²) in [6.45, 7) is 0.463. The van der Waals surface area contributed by atoms with Gasteiger partial charge in [-0.2, -0.15) is 0 Å². The summed E-state index contributed by atoms with van der Waals surface area (Å²) >= 11 is 10.3. The van der Waals surface area contributed by atoms with Gasteiger partial charge >= 0.3 is 0 Å². The van der Waals surface area contributed by atoms with Gasteiger partial charge in [-0.25, -0.2) is 0 Å². The van der Waals surface area contributed by atoms with E-state index in [2.05, 4.69) is 20.9 Å². The molecule has 0 unspecified atom stereocenters. The Kier molecular flexibility index (Phi) is 5.53. The third-order valence-electron chi connectivity index (χ3n) is 3.72. The minimum Gasteiger partial charge on any atom is -0.496 e. The lowest BCUT2D eigenvalue weighted by atomic mass is 10.1. The number of thioether (sulfide) groups is 1. The number of methoxy groups -OCH3 is 1. The highest BCUT2D eigenvalue weighted by Gasteiger charge is 2.37. The van der Waals surface area contributed by atoms with Crippen molar-refractivity contribution in [2.45, 2.75) is 18.2 Å². The molecule has 1 aliphatic rings. The molecule has 3 rings (SSSR count). The maximum atomic E-state index is 12.8. The van der Waals surface area contributed by atoms with Crippen LogP contribution in [0.3, 0.4) is 0 Å². The lowest BCUT2D eigenvalue weighted by Gasteiger charge is -2.16. The fraction of sp³-hybridized carbons (Fsp3) is 0.235. The number of rotatable bonds is 5. The Balaban J connectivity index is 1.76. The van der Waals surface area contributed by atoms with E-state index in [1.165, 1.54) is 11.8 Å². The van der Waals surface area contributed by atoms with Crippen LogP contribution >= 0.6 is 39.9 Å². The predicted octanol–water partition coefficient (Wildman–Crippen LogP) is 3.82. The van der Waals surface area contributed by atoms with Crippen LogP contribution in [0, 0.1) is 0 Å². The standard InChI is InChI=1S/C17H15BrN2O2S2/c1-22-14-5-4-13(18)7-12(14)8-15-16(21)20(17(23)24-15)10-11-3-2-6-19-9-11/h2-7,9,15H,8,10H2,1H3/t15-/m1/s1. The number of halogens is 1. The van der Waals surface area contributed by atoms with E-state index in [9.17, 15) is 4.79 Å². The smallest absolute Gasteiger partial charge is 0.242 e. The number of nitrogens with zero attached hydrogens (tertiary/aromatic N) is 2. The lowest BCUT2D eigenvalue weighted by molar-refractivity contribution is -0.126. The van der Waals surface area contributed by atoms with Gasteiger partial charge in [-0.15, -0.1) is 0 Å². The van der Waals surface area contributed by atoms with Gasteiger partial charge in [0, 0.05) is 16.9 Å². The minimum atomic E-state index is -0.225. The zero-order chi connectivity index (χ0) is 17.1. The Bertz CT molecular complexity index is 770. The van der Waals surface area contributed by atoms with E-state index < -0.39 is 0 Å². The normalized spacial score (nSPS) is 17.4. The van der Waals surface area contributed by atoms with E-state index in [4.69, 9.17) is 17.0 Å². The Morgan fingerprint density at radius 3 is 2.96 bits per heavy atom. The molecule has 0 bridgehead atoms. The second kappa shape index (κ2) is 7.63. The molecule has 2 aromatic rings. The van der Waals surface area contributed by atoms with Crippen molar-refractivity contribution in [1.29, 1.82) is 0 Å². The number of hydrogen-bond acceptors (Lipinski definition) is 5. The van der Waals surface area contributed by atoms with Crippen molar-refractivity contribution in [1.82, 2.24) is 9.88 Å². The first-order valence-corrected chi connectivity index (χ1v) is 9.40. The highest BCUT2D eigenvalue weighted by molar-refractivity contribution is 9.10. The Morgan fingerprint density at radius 1 is 1.42 bits per heavy atom. The average Bonchev–Trinajstić information content (AvgIpc) is 2.84. The van der Waals surface area contributed by atoms with Gasteiger partial charge in [-0.1, -0.05) is 46.0 Å². The van der Waals surface area contributed by atoms with Gasteiger partial charge in [0.2, 0.25) is 5.91 Å². The summed E-state index contributed by atoms with van der Waals surface area (Å²) in [5, 5.41) is -0.225. The molecule has 1 aromatic carbocycles. The van der Waals surface area contributed by atoms with Crippen LogP contribution < -0.4 is 4.74 Å². The van der Waals surface area contributed by atoms with Crippen LogP contribution in [0.4, 0.5) is 0 Å². The molecule has 1 fully saturated rings. The predicted molar refractivity (Wildman–Crippen MR) is 103 cm³/mol. The summed E-state index contributed by atoms with van der Waals surface area (Å²) < 4.78 is 6.97. The van der Waals surface area contributed by atoms with Gasteiger partial charge in [0.25, 0.3) is 0 Å². The van der Waals surface area contributed by atoms with Gasteiger partial charge in [0.1, 0.15) is 10.1 Å². The van der Waals surface area contributed by atoms with Crippen molar-refractivity contribution in [3.8, 4) is 5.75 Å². The molecule has 0 N–H and O–H groups in total. The van der Waals surface area contributed by atoms with E-state index in [0.29, 0.717) is 17.3 Å². The average molecular weight is 423 g/mol. The third kappa shape index (κ3) is 3.79. The summed E-state index contributed by atoms with van der Waals surface area (Å²) in [4.78, 5) is 18.5. The molecule has 24 heavy (non-hydrogen) atoms. The monoisotopic (exact) mass is 422 g/mol. The van der Waals surface area contributed by atoms with Gasteiger partial charge in [0.05, 0.1) is 18.9 Å². The van der Waals surface area contributed by atoms with Gasteiger partial charge in [-0.3, -0.25) is 14.7 Å². The highest BCUT2D eigenvalue weighted by Crippen LogP contribution is 2.34. The number of aromatic nitrogens is 1. The second-order valence-corrected chi connectivity index (χ2v) is 8.07. The number of carbonyl (C=O) groups is 1. The van der Waals surface area contributed by atoms with Crippen LogP contribution in [0.25, 0.3) is 0 Å². The third-order valence-corrected chi connectivity index (χ3v) is 5.79. The molecule has 0 radical (unpaired) electrons. The van der Waals surface area contributed by atoms with E-state index in [0.717, 1.165) is 21.3 Å². The van der Waals surface area contributed by atoms with Crippen LogP contribution in [0.15, 0.2) is 47.2 Å². The molecule has 1 amide bonds. The van der Waals surface area contributed by atoms with Crippen molar-refractivity contribution in [3.63, 3.8) is 0 Å². The van der Waals surface area contributed by atoms with Crippen molar-refractivity contribution >= 4 is 50.1 Å². The molecule has 2 heterocycles. The SMILES string of the molecule is COc1ccc(Br)cc1C[C@H]1SC(=S)N(Cc2cccnc2)C1=O. The largest absolute Gasteiger partial charge is 0.496 e. The molecule has 7 heteroatoms. The number of benzene rings is 1. The van der Waals surface area contributed by atoms with Crippen molar-refractivity contribution < 1.29 is 9.53 Å². The summed E-state index contributed by atoms with van der Waals surface area (Å²) in [6.07, 6.45) is 4.05. The molecule has 1 atom stereocenters. The summed E-state index contributed by atoms with van der Waals surface area (Å²) in [5.41, 5.74) is 1.96. The number of hydrogen-bond donors (Lipinski definition) is 0. The molecule has 1 saturated heterocycles. The molecule has 1 aromatic heterocycles. The molecule has 124 valence electrons. The summed E-state index contributed by atoms with van der Waals surface area (Å²) in [7, 11) is 1.63. The Labute approximate surface area is 158 Å². The van der Waals surface area contributed by atoms with Crippen LogP contribution in [0.2, 0.25) is 0 Å². The summed E-state index contributed by atoms with van der Waals surface area (Å²) in [6, 6.07) is 9.61. The molecule has 0 aliphatic carbocycles. The number of pyridine rings is 1. The molecule has 0 spiro atoms. The first-order valence-electron chi connectivity index (χ1n) is 7.32. The van der Waals surface area contributed by atoms with Gasteiger partial charge in [0.15, 0.2) is 0 Å². The maximum absolute atomic E-state index is 12.8. The van der Waals surface area contributed by atoms with Gasteiger partial charge in [-0.05, 0) is 41.8 Å². The second-order valence-electron chi connectivity index (χ2n) is 5.32. The van der Waals surface area contributed by atoms with Crippen molar-refractivity contribution in [3.05, 3.63) is 58.3 Å². The van der Waals surface area contributed by atoms with E-state index in [1.807, 2.05) is 30.3 Å². The lowest BCUT2D eigenvalue weighted by Crippen LogP contribution is -2.31. The fourth-order valence-corrected chi connectivity index (χ4v) is 4.48. The zero-order valence-corrected chi connectivity index (χ0v) is 16.2. The number of amides is 1. The molecular weight excluding hydrogens is 408 g/mol. The number of ether oxygens (including phenoxy) is 1. The maximum Gasteiger partial charge on any atom is 0.242 e. The molecular formula is C17H15BrN2O2S2. The molecule has 0 saturated carbocycles. The minimum absolute atomic E-state index is 0.0379. The zero-order valence-electron chi connectivity index (χ0n) is 12.9. The fourth-order valence-electron chi connectivity index (χ4n) is 2.55. The summed E-state index contributed by atoms with van der Waals surface area (Å²) in [5.74, 6) is 0.819.